The smallest absolute Gasteiger partial charge is 0.217 e. The number of nitrogens with two attached hydrogens (primary N) is 1. The van der Waals surface area contributed by atoms with Crippen LogP contribution in [-0.2, 0) is 4.74 Å². The lowest BCUT2D eigenvalue weighted by Crippen LogP contribution is -2.82. The third-order valence-corrected chi connectivity index (χ3v) is 6.76. The molecule has 1 saturated heterocycles. The van der Waals surface area contributed by atoms with Gasteiger partial charge < -0.3 is 15.0 Å². The van der Waals surface area contributed by atoms with Gasteiger partial charge in [-0.3, -0.25) is 4.57 Å². The second kappa shape index (κ2) is 8.41. The number of quaternary nitrogens is 1. The van der Waals surface area contributed by atoms with Crippen molar-refractivity contribution in [3.63, 3.8) is 0 Å². The third-order valence-electron chi connectivity index (χ3n) is 5.70. The summed E-state index contributed by atoms with van der Waals surface area (Å²) < 4.78 is 8.57. The summed E-state index contributed by atoms with van der Waals surface area (Å²) in [5, 5.41) is 12.3. The predicted molar refractivity (Wildman–Crippen MR) is 119 cm³/mol. The second-order valence-corrected chi connectivity index (χ2v) is 9.22. The molecule has 6 nitrogen and oxygen atoms in total. The molecule has 0 bridgehead atoms. The van der Waals surface area contributed by atoms with E-state index in [0.29, 0.717) is 5.92 Å². The zero-order chi connectivity index (χ0) is 20.5. The molecule has 2 aromatic carbocycles. The zero-order valence-corrected chi connectivity index (χ0v) is 18.3. The molecule has 2 atom stereocenters. The highest BCUT2D eigenvalue weighted by molar-refractivity contribution is 7.99. The Kier molecular flexibility index (Phi) is 5.50. The van der Waals surface area contributed by atoms with Gasteiger partial charge in [-0.2, -0.15) is 0 Å². The number of rotatable bonds is 7. The molecule has 2 N–H and O–H groups in total. The van der Waals surface area contributed by atoms with Gasteiger partial charge in [-0.15, -0.1) is 10.2 Å². The summed E-state index contributed by atoms with van der Waals surface area (Å²) in [6.07, 6.45) is 2.69. The number of anilines is 1. The molecule has 0 radical (unpaired) electrons. The number of hydrogen-bond acceptors (Lipinski definition) is 5. The molecule has 2 aliphatic rings. The van der Waals surface area contributed by atoms with Crippen LogP contribution in [0.4, 0.5) is 5.69 Å². The van der Waals surface area contributed by atoms with E-state index in [9.17, 15) is 0 Å². The van der Waals surface area contributed by atoms with Gasteiger partial charge in [0.05, 0.1) is 0 Å². The van der Waals surface area contributed by atoms with E-state index in [4.69, 9.17) is 4.74 Å². The average molecular weight is 423 g/mol. The molecule has 1 aromatic heterocycles. The van der Waals surface area contributed by atoms with E-state index in [0.717, 1.165) is 29.0 Å². The van der Waals surface area contributed by atoms with Crippen molar-refractivity contribution in [2.45, 2.75) is 36.2 Å². The van der Waals surface area contributed by atoms with E-state index >= 15 is 0 Å². The van der Waals surface area contributed by atoms with Crippen molar-refractivity contribution in [2.75, 3.05) is 31.3 Å². The quantitative estimate of drug-likeness (QED) is 0.593. The Morgan fingerprint density at radius 3 is 2.53 bits per heavy atom. The average Bonchev–Trinajstić information content (AvgIpc) is 3.36. The van der Waals surface area contributed by atoms with Gasteiger partial charge in [-0.25, -0.2) is 0 Å². The number of nitrogens with zero attached hydrogens (tertiary/aromatic N) is 4. The molecule has 0 amide bonds. The Balaban J connectivity index is 1.25. The van der Waals surface area contributed by atoms with Gasteiger partial charge in [0.15, 0.2) is 5.16 Å². The maximum absolute atomic E-state index is 6.33. The fourth-order valence-corrected chi connectivity index (χ4v) is 4.82. The molecule has 3 aromatic rings. The van der Waals surface area contributed by atoms with Crippen LogP contribution < -0.4 is 10.2 Å². The van der Waals surface area contributed by atoms with E-state index in [1.54, 1.807) is 11.8 Å². The van der Waals surface area contributed by atoms with Gasteiger partial charge in [-0.05, 0) is 49.2 Å². The van der Waals surface area contributed by atoms with Crippen molar-refractivity contribution in [1.82, 2.24) is 14.8 Å². The normalized spacial score (nSPS) is 21.1. The maximum Gasteiger partial charge on any atom is 0.217 e. The first kappa shape index (κ1) is 19.6. The molecular formula is C23H28N5OS+. The first-order chi connectivity index (χ1) is 14.7. The van der Waals surface area contributed by atoms with E-state index < -0.39 is 0 Å². The van der Waals surface area contributed by atoms with Crippen molar-refractivity contribution in [3.05, 3.63) is 66.0 Å². The molecule has 2 fully saturated rings. The topological polar surface area (TPSA) is 59.8 Å². The highest BCUT2D eigenvalue weighted by Crippen LogP contribution is 2.41. The molecular weight excluding hydrogens is 394 g/mol. The minimum absolute atomic E-state index is 0.0702. The van der Waals surface area contributed by atoms with Crippen LogP contribution in [0.25, 0.3) is 5.69 Å². The fraction of sp³-hybridized carbons (Fsp3) is 0.391. The Hall–Kier alpha value is -2.35. The zero-order valence-electron chi connectivity index (χ0n) is 17.4. The lowest BCUT2D eigenvalue weighted by Gasteiger charge is -2.14. The van der Waals surface area contributed by atoms with Crippen molar-refractivity contribution >= 4 is 17.4 Å². The number of thioether (sulfide) groups is 1. The summed E-state index contributed by atoms with van der Waals surface area (Å²) in [5.41, 5.74) is 3.57. The second-order valence-electron chi connectivity index (χ2n) is 8.23. The van der Waals surface area contributed by atoms with Crippen LogP contribution in [0.15, 0.2) is 59.8 Å². The fourth-order valence-electron chi connectivity index (χ4n) is 3.85. The number of ether oxygens (including phenoxy) is 1. The monoisotopic (exact) mass is 422 g/mol. The van der Waals surface area contributed by atoms with Gasteiger partial charge in [0, 0.05) is 42.7 Å². The summed E-state index contributed by atoms with van der Waals surface area (Å²) in [7, 11) is 4.12. The minimum atomic E-state index is 0.0702. The lowest BCUT2D eigenvalue weighted by molar-refractivity contribution is -0.697. The standard InChI is InChI=1S/C23H27N5OS/c1-27(2)18-12-10-17(11-13-18)22-24-14-20(29-22)15-30-23-26-25-21(16-8-9-16)28(23)19-6-4-3-5-7-19/h3-7,10-13,16,20,22,24H,8-9,14-15H2,1-2H3/p+1/t20-,22+/m1/s1. The number of para-hydroxylation sites is 1. The number of hydrogen-bond donors (Lipinski definition) is 1. The molecule has 5 rings (SSSR count). The van der Waals surface area contributed by atoms with Crippen LogP contribution in [0.3, 0.4) is 0 Å². The Labute approximate surface area is 181 Å². The molecule has 1 aliphatic heterocycles. The number of benzene rings is 2. The summed E-state index contributed by atoms with van der Waals surface area (Å²) in [4.78, 5) is 2.11. The molecule has 1 aliphatic carbocycles. The van der Waals surface area contributed by atoms with Gasteiger partial charge in [0.1, 0.15) is 18.5 Å². The van der Waals surface area contributed by atoms with Gasteiger partial charge in [-0.1, -0.05) is 30.0 Å². The summed E-state index contributed by atoms with van der Waals surface area (Å²) >= 11 is 1.75. The van der Waals surface area contributed by atoms with Crippen molar-refractivity contribution in [1.29, 1.82) is 0 Å². The molecule has 0 unspecified atom stereocenters. The highest BCUT2D eigenvalue weighted by atomic mass is 32.2. The molecule has 30 heavy (non-hydrogen) atoms. The molecule has 156 valence electrons. The van der Waals surface area contributed by atoms with Crippen LogP contribution in [0.5, 0.6) is 0 Å². The Morgan fingerprint density at radius 1 is 1.07 bits per heavy atom. The highest BCUT2D eigenvalue weighted by Gasteiger charge is 2.33. The summed E-state index contributed by atoms with van der Waals surface area (Å²) in [5.74, 6) is 2.53. The van der Waals surface area contributed by atoms with Crippen molar-refractivity contribution in [2.24, 2.45) is 0 Å². The maximum atomic E-state index is 6.33. The Morgan fingerprint density at radius 2 is 1.83 bits per heavy atom. The molecule has 7 heteroatoms. The predicted octanol–water partition coefficient (Wildman–Crippen LogP) is 2.96. The van der Waals surface area contributed by atoms with Crippen molar-refractivity contribution < 1.29 is 10.1 Å². The lowest BCUT2D eigenvalue weighted by atomic mass is 10.2. The molecule has 2 heterocycles. The van der Waals surface area contributed by atoms with E-state index in [1.165, 1.54) is 24.1 Å². The first-order valence-electron chi connectivity index (χ1n) is 10.6. The summed E-state index contributed by atoms with van der Waals surface area (Å²) in [6.45, 7) is 0.960. The van der Waals surface area contributed by atoms with Crippen LogP contribution in [0, 0.1) is 0 Å². The van der Waals surface area contributed by atoms with Crippen LogP contribution >= 0.6 is 11.8 Å². The number of aromatic nitrogens is 3. The largest absolute Gasteiger partial charge is 0.378 e. The van der Waals surface area contributed by atoms with E-state index in [1.807, 2.05) is 6.07 Å². The molecule has 0 spiro atoms. The van der Waals surface area contributed by atoms with Crippen LogP contribution in [0.1, 0.15) is 36.4 Å². The minimum Gasteiger partial charge on any atom is -0.378 e. The SMILES string of the molecule is CN(C)c1ccc([C@H]2[NH2+]C[C@H](CSc3nnc(C4CC4)n3-c3ccccc3)O2)cc1. The molecule has 1 saturated carbocycles. The Bertz CT molecular complexity index is 985. The van der Waals surface area contributed by atoms with E-state index in [-0.39, 0.29) is 12.3 Å². The van der Waals surface area contributed by atoms with Gasteiger partial charge in [0.25, 0.3) is 0 Å². The first-order valence-corrected chi connectivity index (χ1v) is 11.6. The van der Waals surface area contributed by atoms with Gasteiger partial charge in [0.2, 0.25) is 6.23 Å². The van der Waals surface area contributed by atoms with Crippen LogP contribution in [0.2, 0.25) is 0 Å². The van der Waals surface area contributed by atoms with Gasteiger partial charge >= 0.3 is 0 Å². The summed E-state index contributed by atoms with van der Waals surface area (Å²) in [6, 6.07) is 19.1. The van der Waals surface area contributed by atoms with Crippen molar-refractivity contribution in [3.8, 4) is 5.69 Å². The third kappa shape index (κ3) is 4.10. The van der Waals surface area contributed by atoms with E-state index in [2.05, 4.69) is 87.6 Å². The van der Waals surface area contributed by atoms with Crippen LogP contribution in [-0.4, -0.2) is 47.3 Å².